The first-order valence-electron chi connectivity index (χ1n) is 3.81. The third-order valence-corrected chi connectivity index (χ3v) is 2.04. The Bertz CT molecular complexity index is 161. The van der Waals surface area contributed by atoms with Crippen LogP contribution in [-0.4, -0.2) is 11.6 Å². The molecule has 0 saturated heterocycles. The first-order valence-corrected chi connectivity index (χ1v) is 3.81. The number of ketones is 2. The Labute approximate surface area is 60.6 Å². The molecule has 0 aromatic carbocycles. The highest BCUT2D eigenvalue weighted by Gasteiger charge is 2.29. The third-order valence-electron chi connectivity index (χ3n) is 2.04. The molecule has 0 radical (unpaired) electrons. The molecule has 2 heteroatoms. The summed E-state index contributed by atoms with van der Waals surface area (Å²) in [7, 11) is 0. The summed E-state index contributed by atoms with van der Waals surface area (Å²) >= 11 is 0. The Kier molecular flexibility index (Phi) is 2.20. The summed E-state index contributed by atoms with van der Waals surface area (Å²) in [6, 6.07) is 0. The van der Waals surface area contributed by atoms with Crippen LogP contribution in [0.4, 0.5) is 0 Å². The molecule has 0 aliphatic heterocycles. The Morgan fingerprint density at radius 2 is 2.40 bits per heavy atom. The molecule has 0 aromatic rings. The van der Waals surface area contributed by atoms with Crippen LogP contribution in [0, 0.1) is 5.92 Å². The zero-order valence-corrected chi connectivity index (χ0v) is 6.22. The van der Waals surface area contributed by atoms with E-state index >= 15 is 0 Å². The van der Waals surface area contributed by atoms with E-state index in [1.54, 1.807) is 0 Å². The van der Waals surface area contributed by atoms with Gasteiger partial charge >= 0.3 is 0 Å². The van der Waals surface area contributed by atoms with Gasteiger partial charge in [0, 0.05) is 12.8 Å². The predicted octanol–water partition coefficient (Wildman–Crippen LogP) is 1.33. The van der Waals surface area contributed by atoms with E-state index in [2.05, 4.69) is 0 Å². The SMILES string of the molecule is CCC(=O)[C@@H]1CCCC1=O. The summed E-state index contributed by atoms with van der Waals surface area (Å²) in [4.78, 5) is 22.0. The second-order valence-electron chi connectivity index (χ2n) is 2.73. The van der Waals surface area contributed by atoms with Crippen molar-refractivity contribution in [2.45, 2.75) is 32.6 Å². The average Bonchev–Trinajstić information content (AvgIpc) is 2.34. The van der Waals surface area contributed by atoms with E-state index in [0.29, 0.717) is 12.8 Å². The molecule has 1 rings (SSSR count). The summed E-state index contributed by atoms with van der Waals surface area (Å²) in [6.45, 7) is 1.81. The van der Waals surface area contributed by atoms with Gasteiger partial charge in [-0.2, -0.15) is 0 Å². The van der Waals surface area contributed by atoms with Crippen molar-refractivity contribution in [2.75, 3.05) is 0 Å². The molecule has 1 aliphatic carbocycles. The van der Waals surface area contributed by atoms with Crippen molar-refractivity contribution in [1.82, 2.24) is 0 Å². The maximum atomic E-state index is 11.0. The molecule has 1 aliphatic rings. The van der Waals surface area contributed by atoms with E-state index in [1.165, 1.54) is 0 Å². The fourth-order valence-corrected chi connectivity index (χ4v) is 1.40. The van der Waals surface area contributed by atoms with Gasteiger partial charge in [0.15, 0.2) is 0 Å². The van der Waals surface area contributed by atoms with Crippen molar-refractivity contribution in [2.24, 2.45) is 5.92 Å². The fourth-order valence-electron chi connectivity index (χ4n) is 1.40. The van der Waals surface area contributed by atoms with Crippen molar-refractivity contribution in [3.8, 4) is 0 Å². The molecule has 1 atom stereocenters. The van der Waals surface area contributed by atoms with Gasteiger partial charge in [-0.05, 0) is 12.8 Å². The standard InChI is InChI=1S/C8H12O2/c1-2-7(9)6-4-3-5-8(6)10/h6H,2-5H2,1H3/t6-/m0/s1. The minimum atomic E-state index is -0.231. The lowest BCUT2D eigenvalue weighted by molar-refractivity contribution is -0.130. The second-order valence-corrected chi connectivity index (χ2v) is 2.73. The quantitative estimate of drug-likeness (QED) is 0.542. The number of carbonyl (C=O) groups is 2. The largest absolute Gasteiger partial charge is 0.299 e. The van der Waals surface area contributed by atoms with E-state index in [4.69, 9.17) is 0 Å². The van der Waals surface area contributed by atoms with Crippen molar-refractivity contribution in [3.63, 3.8) is 0 Å². The van der Waals surface area contributed by atoms with Gasteiger partial charge in [-0.25, -0.2) is 0 Å². The fraction of sp³-hybridized carbons (Fsp3) is 0.750. The first kappa shape index (κ1) is 7.45. The number of rotatable bonds is 2. The lowest BCUT2D eigenvalue weighted by Gasteiger charge is -2.01. The topological polar surface area (TPSA) is 34.1 Å². The van der Waals surface area contributed by atoms with Crippen LogP contribution in [-0.2, 0) is 9.59 Å². The molecular weight excluding hydrogens is 128 g/mol. The molecular formula is C8H12O2. The Hall–Kier alpha value is -0.660. The average molecular weight is 140 g/mol. The highest BCUT2D eigenvalue weighted by Crippen LogP contribution is 2.22. The molecule has 1 fully saturated rings. The van der Waals surface area contributed by atoms with E-state index in [0.717, 1.165) is 12.8 Å². The van der Waals surface area contributed by atoms with Crippen LogP contribution in [0.25, 0.3) is 0 Å². The first-order chi connectivity index (χ1) is 4.75. The zero-order valence-electron chi connectivity index (χ0n) is 6.22. The van der Waals surface area contributed by atoms with Gasteiger partial charge in [-0.15, -0.1) is 0 Å². The van der Waals surface area contributed by atoms with Gasteiger partial charge < -0.3 is 0 Å². The van der Waals surface area contributed by atoms with Crippen LogP contribution in [0.1, 0.15) is 32.6 Å². The van der Waals surface area contributed by atoms with E-state index in [-0.39, 0.29) is 17.5 Å². The lowest BCUT2D eigenvalue weighted by Crippen LogP contribution is -2.17. The number of hydrogen-bond acceptors (Lipinski definition) is 2. The molecule has 0 spiro atoms. The van der Waals surface area contributed by atoms with Gasteiger partial charge in [0.2, 0.25) is 0 Å². The summed E-state index contributed by atoms with van der Waals surface area (Å²) in [5.74, 6) is 0.0550. The minimum absolute atomic E-state index is 0.127. The van der Waals surface area contributed by atoms with Crippen LogP contribution in [0.3, 0.4) is 0 Å². The molecule has 0 amide bonds. The van der Waals surface area contributed by atoms with Gasteiger partial charge in [0.05, 0.1) is 5.92 Å². The van der Waals surface area contributed by atoms with Gasteiger partial charge in [0.25, 0.3) is 0 Å². The van der Waals surface area contributed by atoms with Gasteiger partial charge in [0.1, 0.15) is 11.6 Å². The zero-order chi connectivity index (χ0) is 7.56. The van der Waals surface area contributed by atoms with Crippen LogP contribution in [0.2, 0.25) is 0 Å². The molecule has 56 valence electrons. The number of carbonyl (C=O) groups excluding carboxylic acids is 2. The Morgan fingerprint density at radius 1 is 1.70 bits per heavy atom. The number of Topliss-reactive ketones (excluding diaryl/α,β-unsaturated/α-hetero) is 2. The summed E-state index contributed by atoms with van der Waals surface area (Å²) in [6.07, 6.45) is 2.84. The third kappa shape index (κ3) is 1.25. The predicted molar refractivity (Wildman–Crippen MR) is 37.6 cm³/mol. The van der Waals surface area contributed by atoms with Crippen LogP contribution < -0.4 is 0 Å². The van der Waals surface area contributed by atoms with Crippen molar-refractivity contribution in [3.05, 3.63) is 0 Å². The maximum Gasteiger partial charge on any atom is 0.143 e. The maximum absolute atomic E-state index is 11.0. The number of hydrogen-bond donors (Lipinski definition) is 0. The molecule has 10 heavy (non-hydrogen) atoms. The van der Waals surface area contributed by atoms with Gasteiger partial charge in [-0.3, -0.25) is 9.59 Å². The van der Waals surface area contributed by atoms with Crippen LogP contribution in [0.15, 0.2) is 0 Å². The van der Waals surface area contributed by atoms with E-state index in [9.17, 15) is 9.59 Å². The molecule has 0 heterocycles. The van der Waals surface area contributed by atoms with Gasteiger partial charge in [-0.1, -0.05) is 6.92 Å². The van der Waals surface area contributed by atoms with E-state index in [1.807, 2.05) is 6.92 Å². The molecule has 1 saturated carbocycles. The van der Waals surface area contributed by atoms with Crippen molar-refractivity contribution < 1.29 is 9.59 Å². The minimum Gasteiger partial charge on any atom is -0.299 e. The highest BCUT2D eigenvalue weighted by atomic mass is 16.2. The molecule has 0 aromatic heterocycles. The molecule has 0 unspecified atom stereocenters. The smallest absolute Gasteiger partial charge is 0.143 e. The summed E-state index contributed by atoms with van der Waals surface area (Å²) < 4.78 is 0. The summed E-state index contributed by atoms with van der Waals surface area (Å²) in [5, 5.41) is 0. The van der Waals surface area contributed by atoms with Crippen LogP contribution >= 0.6 is 0 Å². The Balaban J connectivity index is 2.55. The molecule has 0 N–H and O–H groups in total. The normalized spacial score (nSPS) is 25.3. The lowest BCUT2D eigenvalue weighted by atomic mass is 10.0. The monoisotopic (exact) mass is 140 g/mol. The van der Waals surface area contributed by atoms with E-state index < -0.39 is 0 Å². The summed E-state index contributed by atoms with van der Waals surface area (Å²) in [5.41, 5.74) is 0. The van der Waals surface area contributed by atoms with Crippen molar-refractivity contribution in [1.29, 1.82) is 0 Å². The Morgan fingerprint density at radius 3 is 2.80 bits per heavy atom. The highest BCUT2D eigenvalue weighted by molar-refractivity contribution is 6.03. The van der Waals surface area contributed by atoms with Crippen LogP contribution in [0.5, 0.6) is 0 Å². The molecule has 0 bridgehead atoms. The second kappa shape index (κ2) is 2.95. The molecule has 2 nitrogen and oxygen atoms in total. The van der Waals surface area contributed by atoms with Crippen molar-refractivity contribution >= 4 is 11.6 Å².